The van der Waals surface area contributed by atoms with Gasteiger partial charge in [-0.05, 0) is 89.9 Å². The molecule has 0 rings (SSSR count). The molecular weight excluding hydrogens is 739 g/mol. The van der Waals surface area contributed by atoms with Crippen molar-refractivity contribution in [3.8, 4) is 0 Å². The summed E-state index contributed by atoms with van der Waals surface area (Å²) in [5.41, 5.74) is 0. The molecule has 0 aromatic heterocycles. The summed E-state index contributed by atoms with van der Waals surface area (Å²) in [5, 5.41) is 18.4. The van der Waals surface area contributed by atoms with Crippen molar-refractivity contribution in [1.29, 1.82) is 0 Å². The number of unbranched alkanes of at least 4 members (excludes halogenated alkanes) is 13. The summed E-state index contributed by atoms with van der Waals surface area (Å²) < 4.78 is 33.3. The van der Waals surface area contributed by atoms with Gasteiger partial charge >= 0.3 is 13.8 Å². The first kappa shape index (κ1) is 54.6. The largest absolute Gasteiger partial charge is 0.472 e. The molecule has 9 nitrogen and oxygen atoms in total. The van der Waals surface area contributed by atoms with Crippen LogP contribution < -0.4 is 0 Å². The summed E-state index contributed by atoms with van der Waals surface area (Å²) in [6.07, 6.45) is 52.5. The third kappa shape index (κ3) is 43.1. The van der Waals surface area contributed by atoms with Crippen LogP contribution in [0.5, 0.6) is 0 Å². The van der Waals surface area contributed by atoms with Gasteiger partial charge in [0.15, 0.2) is 0 Å². The van der Waals surface area contributed by atoms with Crippen LogP contribution in [0, 0.1) is 0 Å². The van der Waals surface area contributed by atoms with E-state index < -0.39 is 45.8 Å². The molecule has 0 saturated heterocycles. The van der Waals surface area contributed by atoms with E-state index in [1.807, 2.05) is 0 Å². The van der Waals surface area contributed by atoms with Crippen molar-refractivity contribution in [2.24, 2.45) is 0 Å². The lowest BCUT2D eigenvalue weighted by atomic mass is 10.1. The molecule has 57 heavy (non-hydrogen) atoms. The predicted molar refractivity (Wildman–Crippen MR) is 237 cm³/mol. The van der Waals surface area contributed by atoms with Crippen molar-refractivity contribution in [1.82, 2.24) is 0 Å². The molecule has 0 aromatic rings. The Morgan fingerprint density at radius 2 is 1.00 bits per heavy atom. The first-order valence-corrected chi connectivity index (χ1v) is 23.6. The SMILES string of the molecule is CC/C=C\C/C=C\C/C=C\C/C=C\C/C=C\CCCCCC(=O)OC(COCCCCCCCC/C=C\C/C=C\CCCCCC)COP(=O)(O)OCC(O)CO. The first-order valence-electron chi connectivity index (χ1n) is 22.1. The molecule has 0 saturated carbocycles. The highest BCUT2D eigenvalue weighted by atomic mass is 31.2. The number of hydrogen-bond donors (Lipinski definition) is 3. The lowest BCUT2D eigenvalue weighted by Gasteiger charge is -2.20. The van der Waals surface area contributed by atoms with Gasteiger partial charge in [-0.3, -0.25) is 13.8 Å². The maximum Gasteiger partial charge on any atom is 0.472 e. The second-order valence-corrected chi connectivity index (χ2v) is 15.8. The first-order chi connectivity index (χ1) is 27.8. The lowest BCUT2D eigenvalue weighted by Crippen LogP contribution is -2.29. The van der Waals surface area contributed by atoms with Gasteiger partial charge < -0.3 is 24.6 Å². The van der Waals surface area contributed by atoms with Crippen LogP contribution in [0.3, 0.4) is 0 Å². The molecule has 3 unspecified atom stereocenters. The van der Waals surface area contributed by atoms with Crippen LogP contribution in [0.2, 0.25) is 0 Å². The van der Waals surface area contributed by atoms with Gasteiger partial charge in [-0.25, -0.2) is 4.57 Å². The van der Waals surface area contributed by atoms with Crippen LogP contribution in [0.1, 0.15) is 162 Å². The second kappa shape index (κ2) is 43.2. The molecular formula is C47H81O9P. The summed E-state index contributed by atoms with van der Waals surface area (Å²) in [7, 11) is -4.54. The molecule has 0 radical (unpaired) electrons. The number of allylic oxidation sites excluding steroid dienone is 14. The minimum Gasteiger partial charge on any atom is -0.457 e. The summed E-state index contributed by atoms with van der Waals surface area (Å²) in [5.74, 6) is -0.421. The van der Waals surface area contributed by atoms with Crippen molar-refractivity contribution in [3.63, 3.8) is 0 Å². The van der Waals surface area contributed by atoms with Crippen LogP contribution >= 0.6 is 7.82 Å². The van der Waals surface area contributed by atoms with Crippen LogP contribution in [0.25, 0.3) is 0 Å². The van der Waals surface area contributed by atoms with E-state index in [0.717, 1.165) is 83.5 Å². The molecule has 0 fully saturated rings. The molecule has 0 spiro atoms. The lowest BCUT2D eigenvalue weighted by molar-refractivity contribution is -0.154. The van der Waals surface area contributed by atoms with Gasteiger partial charge in [0.25, 0.3) is 0 Å². The van der Waals surface area contributed by atoms with Gasteiger partial charge in [-0.15, -0.1) is 0 Å². The third-order valence-electron chi connectivity index (χ3n) is 8.81. The minimum atomic E-state index is -4.54. The number of esters is 1. The number of phosphoric ester groups is 1. The van der Waals surface area contributed by atoms with E-state index in [0.29, 0.717) is 13.0 Å². The van der Waals surface area contributed by atoms with Crippen molar-refractivity contribution >= 4 is 13.8 Å². The number of carbonyl (C=O) groups is 1. The molecule has 3 atom stereocenters. The van der Waals surface area contributed by atoms with E-state index in [2.05, 4.69) is 98.9 Å². The zero-order valence-electron chi connectivity index (χ0n) is 35.8. The average molecular weight is 821 g/mol. The number of carbonyl (C=O) groups excluding carboxylic acids is 1. The number of phosphoric acid groups is 1. The van der Waals surface area contributed by atoms with Crippen LogP contribution in [0.4, 0.5) is 0 Å². The number of hydrogen-bond acceptors (Lipinski definition) is 8. The highest BCUT2D eigenvalue weighted by molar-refractivity contribution is 7.47. The van der Waals surface area contributed by atoms with Gasteiger partial charge in [-0.2, -0.15) is 0 Å². The van der Waals surface area contributed by atoms with Crippen LogP contribution in [-0.2, 0) is 27.9 Å². The molecule has 0 aliphatic rings. The zero-order chi connectivity index (χ0) is 41.8. The topological polar surface area (TPSA) is 132 Å². The molecule has 0 aromatic carbocycles. The van der Waals surface area contributed by atoms with E-state index >= 15 is 0 Å². The van der Waals surface area contributed by atoms with E-state index in [-0.39, 0.29) is 13.0 Å². The Hall–Kier alpha value is -2.36. The van der Waals surface area contributed by atoms with E-state index in [1.54, 1.807) is 0 Å². The Morgan fingerprint density at radius 1 is 0.561 bits per heavy atom. The van der Waals surface area contributed by atoms with Crippen molar-refractivity contribution < 1.29 is 43.0 Å². The summed E-state index contributed by atoms with van der Waals surface area (Å²) in [6, 6.07) is 0. The molecule has 0 heterocycles. The highest BCUT2D eigenvalue weighted by Crippen LogP contribution is 2.43. The molecule has 10 heteroatoms. The van der Waals surface area contributed by atoms with Gasteiger partial charge in [0.05, 0.1) is 26.4 Å². The van der Waals surface area contributed by atoms with Gasteiger partial charge in [0.1, 0.15) is 12.2 Å². The van der Waals surface area contributed by atoms with Crippen molar-refractivity contribution in [2.75, 3.05) is 33.0 Å². The Kier molecular flexibility index (Phi) is 41.4. The summed E-state index contributed by atoms with van der Waals surface area (Å²) in [6.45, 7) is 3.30. The zero-order valence-corrected chi connectivity index (χ0v) is 36.7. The van der Waals surface area contributed by atoms with Gasteiger partial charge in [-0.1, -0.05) is 150 Å². The average Bonchev–Trinajstić information content (AvgIpc) is 3.20. The number of ether oxygens (including phenoxy) is 2. The van der Waals surface area contributed by atoms with Crippen LogP contribution in [0.15, 0.2) is 85.1 Å². The van der Waals surface area contributed by atoms with Crippen LogP contribution in [-0.4, -0.2) is 66.3 Å². The predicted octanol–water partition coefficient (Wildman–Crippen LogP) is 12.3. The Labute approximate surface area is 347 Å². The normalized spacial score (nSPS) is 14.8. The highest BCUT2D eigenvalue weighted by Gasteiger charge is 2.26. The van der Waals surface area contributed by atoms with Crippen molar-refractivity contribution in [3.05, 3.63) is 85.1 Å². The Morgan fingerprint density at radius 3 is 1.51 bits per heavy atom. The summed E-state index contributed by atoms with van der Waals surface area (Å²) >= 11 is 0. The smallest absolute Gasteiger partial charge is 0.457 e. The fourth-order valence-corrected chi connectivity index (χ4v) is 6.26. The molecule has 3 N–H and O–H groups in total. The fourth-order valence-electron chi connectivity index (χ4n) is 5.47. The molecule has 0 bridgehead atoms. The number of aliphatic hydroxyl groups excluding tert-OH is 2. The standard InChI is InChI=1S/C47H81O9P/c1-3-5-7-9-11-13-15-17-19-21-22-23-25-27-29-31-33-35-37-39-47(50)56-46(44-55-57(51,52)54-42-45(49)41-48)43-53-40-38-36-34-32-30-28-26-24-20-18-16-14-12-10-8-6-4-2/h5,7,11,13-14,16-17,19-20,22-24,27,29,45-46,48-49H,3-4,6,8-10,12,15,18,21,25-26,28,30-44H2,1-2H3,(H,51,52)/b7-5-,13-11-,16-14-,19-17-,23-22-,24-20-,29-27-. The fraction of sp³-hybridized carbons (Fsp3) is 0.681. The molecule has 0 amide bonds. The van der Waals surface area contributed by atoms with E-state index in [1.165, 1.54) is 51.4 Å². The number of rotatable bonds is 41. The van der Waals surface area contributed by atoms with Crippen molar-refractivity contribution in [2.45, 2.75) is 174 Å². The maximum absolute atomic E-state index is 12.6. The molecule has 328 valence electrons. The monoisotopic (exact) mass is 821 g/mol. The second-order valence-electron chi connectivity index (χ2n) is 14.3. The quantitative estimate of drug-likeness (QED) is 0.0239. The maximum atomic E-state index is 12.6. The van der Waals surface area contributed by atoms with E-state index in [4.69, 9.17) is 23.6 Å². The molecule has 0 aliphatic heterocycles. The minimum absolute atomic E-state index is 0.0233. The Bertz CT molecular complexity index is 1160. The molecule has 0 aliphatic carbocycles. The van der Waals surface area contributed by atoms with Gasteiger partial charge in [0.2, 0.25) is 0 Å². The van der Waals surface area contributed by atoms with Gasteiger partial charge in [0, 0.05) is 13.0 Å². The summed E-state index contributed by atoms with van der Waals surface area (Å²) in [4.78, 5) is 22.6. The Balaban J connectivity index is 4.28. The number of aliphatic hydroxyl groups is 2. The van der Waals surface area contributed by atoms with E-state index in [9.17, 15) is 19.4 Å². The third-order valence-corrected chi connectivity index (χ3v) is 9.77.